The van der Waals surface area contributed by atoms with Gasteiger partial charge in [0.25, 0.3) is 0 Å². The smallest absolute Gasteiger partial charge is 0.129 e. The lowest BCUT2D eigenvalue weighted by molar-refractivity contribution is -0.116. The van der Waals surface area contributed by atoms with E-state index in [1.807, 2.05) is 6.92 Å². The highest BCUT2D eigenvalue weighted by molar-refractivity contribution is 5.74. The molecular formula is C14H30O2. The minimum atomic E-state index is 0.255. The average molecular weight is 230 g/mol. The van der Waals surface area contributed by atoms with E-state index < -0.39 is 0 Å². The van der Waals surface area contributed by atoms with Crippen LogP contribution in [0.2, 0.25) is 0 Å². The molecule has 0 unspecified atom stereocenters. The first-order valence-corrected chi connectivity index (χ1v) is 6.05. The van der Waals surface area contributed by atoms with E-state index in [9.17, 15) is 4.79 Å². The van der Waals surface area contributed by atoms with Crippen molar-refractivity contribution in [1.29, 1.82) is 0 Å². The van der Waals surface area contributed by atoms with Crippen molar-refractivity contribution in [2.24, 2.45) is 10.8 Å². The zero-order valence-corrected chi connectivity index (χ0v) is 12.4. The monoisotopic (exact) mass is 230 g/mol. The van der Waals surface area contributed by atoms with Gasteiger partial charge >= 0.3 is 0 Å². The molecule has 16 heavy (non-hydrogen) atoms. The van der Waals surface area contributed by atoms with Gasteiger partial charge in [0.1, 0.15) is 5.78 Å². The third-order valence-corrected chi connectivity index (χ3v) is 1.57. The molecule has 0 aliphatic heterocycles. The van der Waals surface area contributed by atoms with E-state index in [-0.39, 0.29) is 5.78 Å². The summed E-state index contributed by atoms with van der Waals surface area (Å²) in [7, 11) is 0. The standard InChI is InChI=1S/C10H22O.C4H8O/c1-9(2,3)7-11-8-10(4,5)6;1-3-4(2)5/h7-8H2,1-6H3;3H2,1-2H3. The summed E-state index contributed by atoms with van der Waals surface area (Å²) >= 11 is 0. The second-order valence-electron chi connectivity index (χ2n) is 6.67. The van der Waals surface area contributed by atoms with E-state index in [4.69, 9.17) is 4.74 Å². The van der Waals surface area contributed by atoms with Gasteiger partial charge in [0.15, 0.2) is 0 Å². The number of Topliss-reactive ketones (excluding diaryl/α,β-unsaturated/α-hetero) is 1. The average Bonchev–Trinajstić information content (AvgIpc) is 2.00. The predicted octanol–water partition coefficient (Wildman–Crippen LogP) is 4.08. The summed E-state index contributed by atoms with van der Waals surface area (Å²) < 4.78 is 5.56. The fourth-order valence-corrected chi connectivity index (χ4v) is 0.663. The Labute approximate surface area is 102 Å². The Morgan fingerprint density at radius 2 is 1.19 bits per heavy atom. The third-order valence-electron chi connectivity index (χ3n) is 1.57. The fraction of sp³-hybridized carbons (Fsp3) is 0.929. The van der Waals surface area contributed by atoms with E-state index in [1.54, 1.807) is 6.92 Å². The molecule has 0 fully saturated rings. The van der Waals surface area contributed by atoms with Crippen LogP contribution < -0.4 is 0 Å². The first-order valence-electron chi connectivity index (χ1n) is 6.05. The van der Waals surface area contributed by atoms with Crippen molar-refractivity contribution in [2.45, 2.75) is 61.8 Å². The summed E-state index contributed by atoms with van der Waals surface area (Å²) in [5.41, 5.74) is 0.594. The van der Waals surface area contributed by atoms with Crippen molar-refractivity contribution < 1.29 is 9.53 Å². The molecule has 0 saturated heterocycles. The Kier molecular flexibility index (Phi) is 8.81. The van der Waals surface area contributed by atoms with Crippen molar-refractivity contribution in [3.8, 4) is 0 Å². The third kappa shape index (κ3) is 23.4. The molecule has 0 aromatic carbocycles. The van der Waals surface area contributed by atoms with Crippen LogP contribution >= 0.6 is 0 Å². The van der Waals surface area contributed by atoms with Gasteiger partial charge in [-0.2, -0.15) is 0 Å². The molecule has 0 rings (SSSR count). The second-order valence-corrected chi connectivity index (χ2v) is 6.67. The SMILES string of the molecule is CC(C)(C)COCC(C)(C)C.CCC(C)=O. The minimum absolute atomic E-state index is 0.255. The number of ketones is 1. The molecule has 0 saturated carbocycles. The summed E-state index contributed by atoms with van der Waals surface area (Å²) in [5.74, 6) is 0.255. The minimum Gasteiger partial charge on any atom is -0.380 e. The highest BCUT2D eigenvalue weighted by atomic mass is 16.5. The summed E-state index contributed by atoms with van der Waals surface area (Å²) in [4.78, 5) is 9.81. The van der Waals surface area contributed by atoms with E-state index in [0.717, 1.165) is 13.2 Å². The van der Waals surface area contributed by atoms with Crippen LogP contribution in [0.4, 0.5) is 0 Å². The number of ether oxygens (including phenoxy) is 1. The van der Waals surface area contributed by atoms with Gasteiger partial charge in [-0.05, 0) is 17.8 Å². The number of rotatable bonds is 3. The molecule has 0 spiro atoms. The van der Waals surface area contributed by atoms with Crippen LogP contribution in [-0.4, -0.2) is 19.0 Å². The second kappa shape index (κ2) is 7.83. The Balaban J connectivity index is 0. The van der Waals surface area contributed by atoms with Gasteiger partial charge in [-0.25, -0.2) is 0 Å². The van der Waals surface area contributed by atoms with Gasteiger partial charge in [0.2, 0.25) is 0 Å². The van der Waals surface area contributed by atoms with Crippen molar-refractivity contribution in [2.75, 3.05) is 13.2 Å². The molecule has 0 atom stereocenters. The van der Waals surface area contributed by atoms with Crippen molar-refractivity contribution in [1.82, 2.24) is 0 Å². The first kappa shape index (κ1) is 18.0. The van der Waals surface area contributed by atoms with Crippen molar-refractivity contribution in [3.63, 3.8) is 0 Å². The summed E-state index contributed by atoms with van der Waals surface area (Å²) in [6, 6.07) is 0. The van der Waals surface area contributed by atoms with Gasteiger partial charge in [0.05, 0.1) is 13.2 Å². The molecule has 0 N–H and O–H groups in total. The predicted molar refractivity (Wildman–Crippen MR) is 70.7 cm³/mol. The quantitative estimate of drug-likeness (QED) is 0.730. The maximum atomic E-state index is 9.81. The van der Waals surface area contributed by atoms with Gasteiger partial charge < -0.3 is 9.53 Å². The van der Waals surface area contributed by atoms with Crippen LogP contribution in [0, 0.1) is 10.8 Å². The fourth-order valence-electron chi connectivity index (χ4n) is 0.663. The first-order chi connectivity index (χ1) is 6.98. The highest BCUT2D eigenvalue weighted by Crippen LogP contribution is 2.17. The Hall–Kier alpha value is -0.370. The molecule has 2 heteroatoms. The number of hydrogen-bond acceptors (Lipinski definition) is 2. The largest absolute Gasteiger partial charge is 0.380 e. The lowest BCUT2D eigenvalue weighted by atomic mass is 9.97. The van der Waals surface area contributed by atoms with Crippen molar-refractivity contribution in [3.05, 3.63) is 0 Å². The van der Waals surface area contributed by atoms with Gasteiger partial charge in [-0.3, -0.25) is 0 Å². The summed E-state index contributed by atoms with van der Waals surface area (Å²) in [6.45, 7) is 18.3. The molecule has 0 amide bonds. The van der Waals surface area contributed by atoms with Crippen LogP contribution in [0.15, 0.2) is 0 Å². The van der Waals surface area contributed by atoms with Crippen LogP contribution in [-0.2, 0) is 9.53 Å². The topological polar surface area (TPSA) is 26.3 Å². The van der Waals surface area contributed by atoms with Crippen LogP contribution in [0.1, 0.15) is 61.8 Å². The van der Waals surface area contributed by atoms with E-state index in [0.29, 0.717) is 17.3 Å². The molecule has 2 nitrogen and oxygen atoms in total. The highest BCUT2D eigenvalue weighted by Gasteiger charge is 2.14. The van der Waals surface area contributed by atoms with E-state index >= 15 is 0 Å². The molecule has 98 valence electrons. The molecule has 0 radical (unpaired) electrons. The zero-order valence-electron chi connectivity index (χ0n) is 12.4. The molecule has 0 heterocycles. The maximum Gasteiger partial charge on any atom is 0.129 e. The Morgan fingerprint density at radius 1 is 0.938 bits per heavy atom. The molecule has 0 aromatic rings. The van der Waals surface area contributed by atoms with Gasteiger partial charge in [-0.15, -0.1) is 0 Å². The van der Waals surface area contributed by atoms with Crippen LogP contribution in [0.5, 0.6) is 0 Å². The Morgan fingerprint density at radius 3 is 1.31 bits per heavy atom. The molecule has 0 aromatic heterocycles. The number of hydrogen-bond donors (Lipinski definition) is 0. The number of carbonyl (C=O) groups is 1. The van der Waals surface area contributed by atoms with Crippen LogP contribution in [0.3, 0.4) is 0 Å². The van der Waals surface area contributed by atoms with Crippen LogP contribution in [0.25, 0.3) is 0 Å². The van der Waals surface area contributed by atoms with Crippen molar-refractivity contribution >= 4 is 5.78 Å². The lowest BCUT2D eigenvalue weighted by Gasteiger charge is -2.23. The zero-order chi connectivity index (χ0) is 13.4. The Bertz CT molecular complexity index is 168. The van der Waals surface area contributed by atoms with Gasteiger partial charge in [-0.1, -0.05) is 48.5 Å². The van der Waals surface area contributed by atoms with Gasteiger partial charge in [0, 0.05) is 6.42 Å². The number of carbonyl (C=O) groups excluding carboxylic acids is 1. The molecule has 0 bridgehead atoms. The maximum absolute atomic E-state index is 9.81. The normalized spacial score (nSPS) is 11.8. The summed E-state index contributed by atoms with van der Waals surface area (Å²) in [6.07, 6.45) is 0.667. The van der Waals surface area contributed by atoms with E-state index in [1.165, 1.54) is 0 Å². The van der Waals surface area contributed by atoms with E-state index in [2.05, 4.69) is 41.5 Å². The summed E-state index contributed by atoms with van der Waals surface area (Å²) in [5, 5.41) is 0. The molecular weight excluding hydrogens is 200 g/mol. The lowest BCUT2D eigenvalue weighted by Crippen LogP contribution is -2.21. The molecule has 0 aliphatic rings. The molecule has 0 aliphatic carbocycles.